The third-order valence-corrected chi connectivity index (χ3v) is 12.5. The van der Waals surface area contributed by atoms with Gasteiger partial charge in [0.15, 0.2) is 5.79 Å². The summed E-state index contributed by atoms with van der Waals surface area (Å²) in [5.41, 5.74) is 0. The molecule has 1 heterocycles. The predicted octanol–water partition coefficient (Wildman–Crippen LogP) is 14.7. The van der Waals surface area contributed by atoms with Crippen LogP contribution in [-0.2, 0) is 28.5 Å². The lowest BCUT2D eigenvalue weighted by atomic mass is 9.92. The number of esters is 2. The number of unbranched alkanes of at least 4 members (excludes halogenated alkanes) is 20. The van der Waals surface area contributed by atoms with Gasteiger partial charge in [-0.1, -0.05) is 169 Å². The van der Waals surface area contributed by atoms with Crippen molar-refractivity contribution in [1.29, 1.82) is 0 Å². The number of nitrogens with zero attached hydrogens (tertiary/aromatic N) is 1. The van der Waals surface area contributed by atoms with Gasteiger partial charge in [0.2, 0.25) is 0 Å². The highest BCUT2D eigenvalue weighted by molar-refractivity contribution is 5.70. The van der Waals surface area contributed by atoms with E-state index in [0.29, 0.717) is 37.9 Å². The summed E-state index contributed by atoms with van der Waals surface area (Å²) < 4.78 is 24.5. The third kappa shape index (κ3) is 31.7. The zero-order valence-corrected chi connectivity index (χ0v) is 39.7. The largest absolute Gasteiger partial charge is 0.466 e. The highest BCUT2D eigenvalue weighted by atomic mass is 16.7. The van der Waals surface area contributed by atoms with Crippen LogP contribution in [-0.4, -0.2) is 69.2 Å². The Kier molecular flexibility index (Phi) is 36.6. The molecule has 1 atom stereocenters. The Morgan fingerprint density at radius 1 is 0.534 bits per heavy atom. The summed E-state index contributed by atoms with van der Waals surface area (Å²) in [6.07, 6.45) is 40.5. The molecule has 0 aromatic carbocycles. The summed E-state index contributed by atoms with van der Waals surface area (Å²) in [5.74, 6) is 0.646. The van der Waals surface area contributed by atoms with Crippen LogP contribution in [0.2, 0.25) is 0 Å². The summed E-state index contributed by atoms with van der Waals surface area (Å²) in [5, 5.41) is 0. The molecule has 7 nitrogen and oxygen atoms in total. The normalized spacial score (nSPS) is 15.3. The number of carbonyl (C=O) groups excluding carboxylic acids is 2. The summed E-state index contributed by atoms with van der Waals surface area (Å²) in [7, 11) is 4.26. The van der Waals surface area contributed by atoms with E-state index in [0.717, 1.165) is 70.9 Å². The van der Waals surface area contributed by atoms with Crippen LogP contribution in [0.1, 0.15) is 252 Å². The highest BCUT2D eigenvalue weighted by Crippen LogP contribution is 2.36. The average Bonchev–Trinajstić information content (AvgIpc) is 3.61. The van der Waals surface area contributed by atoms with Crippen LogP contribution >= 0.6 is 0 Å². The van der Waals surface area contributed by atoms with Crippen molar-refractivity contribution in [2.24, 2.45) is 11.8 Å². The first-order chi connectivity index (χ1) is 28.3. The summed E-state index contributed by atoms with van der Waals surface area (Å²) in [6, 6.07) is 0. The van der Waals surface area contributed by atoms with E-state index in [4.69, 9.17) is 18.9 Å². The minimum absolute atomic E-state index is 0.0212. The maximum atomic E-state index is 12.5. The smallest absolute Gasteiger partial charge is 0.306 e. The Labute approximate surface area is 361 Å². The van der Waals surface area contributed by atoms with Crippen LogP contribution in [0.5, 0.6) is 0 Å². The number of ether oxygens (including phenoxy) is 4. The molecule has 0 saturated carbocycles. The van der Waals surface area contributed by atoms with E-state index < -0.39 is 5.79 Å². The lowest BCUT2D eigenvalue weighted by Crippen LogP contribution is -2.31. The molecular weight excluding hydrogens is 723 g/mol. The molecule has 0 radical (unpaired) electrons. The van der Waals surface area contributed by atoms with Gasteiger partial charge in [-0.3, -0.25) is 9.59 Å². The first-order valence-corrected chi connectivity index (χ1v) is 25.5. The molecule has 58 heavy (non-hydrogen) atoms. The van der Waals surface area contributed by atoms with Gasteiger partial charge in [0.25, 0.3) is 0 Å². The van der Waals surface area contributed by atoms with E-state index >= 15 is 0 Å². The first-order valence-electron chi connectivity index (χ1n) is 25.5. The van der Waals surface area contributed by atoms with Gasteiger partial charge in [-0.25, -0.2) is 0 Å². The Bertz CT molecular complexity index is 849. The van der Waals surface area contributed by atoms with Crippen molar-refractivity contribution in [3.8, 4) is 0 Å². The second-order valence-electron chi connectivity index (χ2n) is 18.6. The van der Waals surface area contributed by atoms with Gasteiger partial charge in [-0.2, -0.15) is 0 Å². The van der Waals surface area contributed by atoms with Crippen molar-refractivity contribution in [1.82, 2.24) is 4.90 Å². The van der Waals surface area contributed by atoms with Crippen LogP contribution in [0, 0.1) is 11.8 Å². The highest BCUT2D eigenvalue weighted by Gasteiger charge is 2.40. The summed E-state index contributed by atoms with van der Waals surface area (Å²) in [4.78, 5) is 27.3. The molecular formula is C51H99NO6. The van der Waals surface area contributed by atoms with E-state index in [9.17, 15) is 9.59 Å². The van der Waals surface area contributed by atoms with Gasteiger partial charge in [0.1, 0.15) is 0 Å². The van der Waals surface area contributed by atoms with E-state index in [1.165, 1.54) is 154 Å². The number of hydrogen-bond acceptors (Lipinski definition) is 7. The molecule has 1 unspecified atom stereocenters. The second kappa shape index (κ2) is 38.7. The van der Waals surface area contributed by atoms with E-state index in [1.54, 1.807) is 0 Å². The van der Waals surface area contributed by atoms with Crippen molar-refractivity contribution in [2.75, 3.05) is 40.5 Å². The number of rotatable bonds is 43. The van der Waals surface area contributed by atoms with Crippen LogP contribution in [0.3, 0.4) is 0 Å². The van der Waals surface area contributed by atoms with Crippen LogP contribution in [0.4, 0.5) is 0 Å². The molecule has 0 bridgehead atoms. The van der Waals surface area contributed by atoms with Gasteiger partial charge in [-0.15, -0.1) is 0 Å². The maximum Gasteiger partial charge on any atom is 0.306 e. The van der Waals surface area contributed by atoms with E-state index in [1.807, 2.05) is 0 Å². The van der Waals surface area contributed by atoms with Gasteiger partial charge in [0.05, 0.1) is 25.9 Å². The molecule has 0 aromatic heterocycles. The van der Waals surface area contributed by atoms with Gasteiger partial charge in [-0.05, 0) is 83.7 Å². The van der Waals surface area contributed by atoms with Crippen LogP contribution < -0.4 is 0 Å². The fourth-order valence-corrected chi connectivity index (χ4v) is 8.70. The van der Waals surface area contributed by atoms with Gasteiger partial charge >= 0.3 is 11.9 Å². The lowest BCUT2D eigenvalue weighted by molar-refractivity contribution is -0.180. The molecule has 344 valence electrons. The number of carbonyl (C=O) groups is 2. The lowest BCUT2D eigenvalue weighted by Gasteiger charge is -2.29. The molecule has 0 amide bonds. The fraction of sp³-hybridized carbons (Fsp3) is 0.961. The SMILES string of the molecule is CCCCCC(CCCCC)CC(=O)OCCCCCCCCCC1(CCCCCCCCCOC(=O)CC(CCCCC)CCCCC)OCC(CCN(C)C)O1. The Hall–Kier alpha value is -1.18. The van der Waals surface area contributed by atoms with Gasteiger partial charge < -0.3 is 23.8 Å². The maximum absolute atomic E-state index is 12.5. The van der Waals surface area contributed by atoms with Crippen LogP contribution in [0.25, 0.3) is 0 Å². The molecule has 7 heteroatoms. The van der Waals surface area contributed by atoms with E-state index in [-0.39, 0.29) is 18.0 Å². The van der Waals surface area contributed by atoms with Crippen molar-refractivity contribution in [2.45, 2.75) is 264 Å². The zero-order valence-electron chi connectivity index (χ0n) is 39.7. The molecule has 0 aliphatic carbocycles. The molecule has 1 aliphatic rings. The quantitative estimate of drug-likeness (QED) is 0.0448. The molecule has 0 aromatic rings. The molecule has 0 N–H and O–H groups in total. The Morgan fingerprint density at radius 3 is 1.26 bits per heavy atom. The average molecular weight is 822 g/mol. The van der Waals surface area contributed by atoms with Crippen molar-refractivity contribution in [3.63, 3.8) is 0 Å². The predicted molar refractivity (Wildman–Crippen MR) is 245 cm³/mol. The van der Waals surface area contributed by atoms with E-state index in [2.05, 4.69) is 46.7 Å². The monoisotopic (exact) mass is 822 g/mol. The summed E-state index contributed by atoms with van der Waals surface area (Å²) in [6.45, 7) is 11.9. The van der Waals surface area contributed by atoms with Crippen LogP contribution in [0.15, 0.2) is 0 Å². The standard InChI is InChI=1S/C51H99NO6/c1-7-11-25-33-46(34-26-12-8-2)43-49(53)55-41-31-23-19-15-17-21-29-38-51(57-45-48(58-51)37-40-52(5)6)39-30-22-18-16-20-24-32-42-56-50(54)44-47(35-27-13-9-3)36-28-14-10-4/h46-48H,7-45H2,1-6H3. The van der Waals surface area contributed by atoms with Crippen molar-refractivity contribution in [3.05, 3.63) is 0 Å². The minimum Gasteiger partial charge on any atom is -0.466 e. The third-order valence-electron chi connectivity index (χ3n) is 12.5. The molecule has 1 saturated heterocycles. The molecule has 1 rings (SSSR count). The zero-order chi connectivity index (χ0) is 42.4. The second-order valence-corrected chi connectivity index (χ2v) is 18.6. The topological polar surface area (TPSA) is 74.3 Å². The van der Waals surface area contributed by atoms with Crippen molar-refractivity contribution < 1.29 is 28.5 Å². The molecule has 1 fully saturated rings. The Morgan fingerprint density at radius 2 is 0.897 bits per heavy atom. The van der Waals surface area contributed by atoms with Gasteiger partial charge in [0, 0.05) is 32.2 Å². The minimum atomic E-state index is -0.402. The molecule has 1 aliphatic heterocycles. The fourth-order valence-electron chi connectivity index (χ4n) is 8.70. The summed E-state index contributed by atoms with van der Waals surface area (Å²) >= 11 is 0. The number of hydrogen-bond donors (Lipinski definition) is 0. The first kappa shape index (κ1) is 54.8. The Balaban J connectivity index is 2.25. The molecule has 0 spiro atoms. The van der Waals surface area contributed by atoms with Crippen molar-refractivity contribution >= 4 is 11.9 Å².